The number of rotatable bonds is 3. The summed E-state index contributed by atoms with van der Waals surface area (Å²) in [5, 5.41) is 0.0320. The molecule has 1 aromatic carbocycles. The smallest absolute Gasteiger partial charge is 0.324 e. The SMILES string of the molecule is CCC(N)c1ccc(P(=O)(O)O)cc1. The highest BCUT2D eigenvalue weighted by atomic mass is 31.2. The summed E-state index contributed by atoms with van der Waals surface area (Å²) in [5.74, 6) is 0. The molecule has 1 atom stereocenters. The fraction of sp³-hybridized carbons (Fsp3) is 0.333. The first-order valence-electron chi connectivity index (χ1n) is 4.36. The third-order valence-corrected chi connectivity index (χ3v) is 3.07. The van der Waals surface area contributed by atoms with Gasteiger partial charge in [-0.25, -0.2) is 0 Å². The summed E-state index contributed by atoms with van der Waals surface area (Å²) in [5.41, 5.74) is 6.65. The zero-order valence-corrected chi connectivity index (χ0v) is 8.82. The second-order valence-electron chi connectivity index (χ2n) is 3.15. The van der Waals surface area contributed by atoms with Gasteiger partial charge in [0.05, 0.1) is 5.30 Å². The Morgan fingerprint density at radius 3 is 2.21 bits per heavy atom. The van der Waals surface area contributed by atoms with Crippen molar-refractivity contribution in [1.82, 2.24) is 0 Å². The van der Waals surface area contributed by atoms with Crippen LogP contribution in [0.5, 0.6) is 0 Å². The molecule has 14 heavy (non-hydrogen) atoms. The van der Waals surface area contributed by atoms with E-state index < -0.39 is 7.60 Å². The summed E-state index contributed by atoms with van der Waals surface area (Å²) in [6.45, 7) is 1.96. The van der Waals surface area contributed by atoms with Crippen LogP contribution in [0.25, 0.3) is 0 Å². The van der Waals surface area contributed by atoms with Crippen LogP contribution in [0.3, 0.4) is 0 Å². The van der Waals surface area contributed by atoms with Crippen molar-refractivity contribution in [3.63, 3.8) is 0 Å². The minimum Gasteiger partial charge on any atom is -0.324 e. The molecular formula is C9H14NO3P. The lowest BCUT2D eigenvalue weighted by atomic mass is 10.1. The van der Waals surface area contributed by atoms with Gasteiger partial charge in [0.1, 0.15) is 0 Å². The van der Waals surface area contributed by atoms with Crippen LogP contribution in [0, 0.1) is 0 Å². The predicted molar refractivity (Wildman–Crippen MR) is 55.3 cm³/mol. The molecule has 0 amide bonds. The Bertz CT molecular complexity index is 344. The van der Waals surface area contributed by atoms with Gasteiger partial charge in [-0.2, -0.15) is 0 Å². The van der Waals surface area contributed by atoms with Crippen molar-refractivity contribution in [2.75, 3.05) is 0 Å². The molecule has 5 heteroatoms. The van der Waals surface area contributed by atoms with Gasteiger partial charge in [0.25, 0.3) is 0 Å². The van der Waals surface area contributed by atoms with Gasteiger partial charge in [0, 0.05) is 6.04 Å². The minimum atomic E-state index is -4.12. The maximum absolute atomic E-state index is 10.8. The molecule has 0 fully saturated rings. The molecule has 0 spiro atoms. The quantitative estimate of drug-likeness (QED) is 0.654. The molecule has 4 nitrogen and oxygen atoms in total. The van der Waals surface area contributed by atoms with Gasteiger partial charge >= 0.3 is 7.60 Å². The molecule has 1 rings (SSSR count). The Hall–Kier alpha value is -0.670. The normalized spacial score (nSPS) is 14.0. The van der Waals surface area contributed by atoms with Crippen LogP contribution < -0.4 is 11.0 Å². The largest absolute Gasteiger partial charge is 0.356 e. The Labute approximate surface area is 82.9 Å². The molecule has 0 heterocycles. The van der Waals surface area contributed by atoms with Gasteiger partial charge in [-0.05, 0) is 24.1 Å². The standard InChI is InChI=1S/C9H14NO3P/c1-2-9(10)7-3-5-8(6-4-7)14(11,12)13/h3-6,9H,2,10H2,1H3,(H2,11,12,13). The van der Waals surface area contributed by atoms with E-state index in [1.165, 1.54) is 12.1 Å². The van der Waals surface area contributed by atoms with Crippen LogP contribution in [0.4, 0.5) is 0 Å². The van der Waals surface area contributed by atoms with Crippen molar-refractivity contribution < 1.29 is 14.4 Å². The van der Waals surface area contributed by atoms with E-state index >= 15 is 0 Å². The first-order valence-corrected chi connectivity index (χ1v) is 5.98. The van der Waals surface area contributed by atoms with Gasteiger partial charge < -0.3 is 15.5 Å². The van der Waals surface area contributed by atoms with E-state index in [0.717, 1.165) is 12.0 Å². The monoisotopic (exact) mass is 215 g/mol. The third kappa shape index (κ3) is 2.66. The highest BCUT2D eigenvalue weighted by Gasteiger charge is 2.16. The van der Waals surface area contributed by atoms with Crippen molar-refractivity contribution in [2.24, 2.45) is 5.73 Å². The van der Waals surface area contributed by atoms with Crippen molar-refractivity contribution in [2.45, 2.75) is 19.4 Å². The van der Waals surface area contributed by atoms with Crippen LogP contribution in [0.1, 0.15) is 24.9 Å². The molecule has 0 saturated heterocycles. The van der Waals surface area contributed by atoms with Crippen LogP contribution in [-0.2, 0) is 4.57 Å². The van der Waals surface area contributed by atoms with Gasteiger partial charge in [-0.1, -0.05) is 19.1 Å². The minimum absolute atomic E-state index is 0.0320. The van der Waals surface area contributed by atoms with Crippen molar-refractivity contribution >= 4 is 12.9 Å². The molecule has 0 aliphatic rings. The summed E-state index contributed by atoms with van der Waals surface area (Å²) in [6.07, 6.45) is 0.801. The number of benzene rings is 1. The maximum atomic E-state index is 10.8. The number of nitrogens with two attached hydrogens (primary N) is 1. The Morgan fingerprint density at radius 2 is 1.86 bits per heavy atom. The van der Waals surface area contributed by atoms with Crippen LogP contribution in [0.2, 0.25) is 0 Å². The summed E-state index contributed by atoms with van der Waals surface area (Å²) in [7, 11) is -4.12. The Morgan fingerprint density at radius 1 is 1.36 bits per heavy atom. The summed E-state index contributed by atoms with van der Waals surface area (Å²) < 4.78 is 10.8. The number of hydrogen-bond acceptors (Lipinski definition) is 2. The lowest BCUT2D eigenvalue weighted by Gasteiger charge is -2.10. The van der Waals surface area contributed by atoms with Crippen LogP contribution in [0.15, 0.2) is 24.3 Å². The fourth-order valence-electron chi connectivity index (χ4n) is 1.15. The maximum Gasteiger partial charge on any atom is 0.356 e. The van der Waals surface area contributed by atoms with E-state index in [-0.39, 0.29) is 11.3 Å². The van der Waals surface area contributed by atoms with E-state index in [4.69, 9.17) is 15.5 Å². The fourth-order valence-corrected chi connectivity index (χ4v) is 1.69. The lowest BCUT2D eigenvalue weighted by Crippen LogP contribution is -2.10. The lowest BCUT2D eigenvalue weighted by molar-refractivity contribution is 0.387. The zero-order chi connectivity index (χ0) is 10.8. The molecule has 0 saturated carbocycles. The average Bonchev–Trinajstić information content (AvgIpc) is 2.15. The van der Waals surface area contributed by atoms with Gasteiger partial charge in [0.15, 0.2) is 0 Å². The molecular weight excluding hydrogens is 201 g/mol. The number of hydrogen-bond donors (Lipinski definition) is 3. The van der Waals surface area contributed by atoms with Crippen molar-refractivity contribution in [3.8, 4) is 0 Å². The first kappa shape index (κ1) is 11.4. The van der Waals surface area contributed by atoms with Gasteiger partial charge in [0.2, 0.25) is 0 Å². The summed E-state index contributed by atoms with van der Waals surface area (Å²) >= 11 is 0. The van der Waals surface area contributed by atoms with Crippen LogP contribution in [-0.4, -0.2) is 9.79 Å². The topological polar surface area (TPSA) is 83.6 Å². The van der Waals surface area contributed by atoms with E-state index in [1.807, 2.05) is 6.92 Å². The highest BCUT2D eigenvalue weighted by molar-refractivity contribution is 7.60. The third-order valence-electron chi connectivity index (χ3n) is 2.10. The molecule has 1 unspecified atom stereocenters. The van der Waals surface area contributed by atoms with E-state index in [1.54, 1.807) is 12.1 Å². The summed E-state index contributed by atoms with van der Waals surface area (Å²) in [4.78, 5) is 17.7. The Balaban J connectivity index is 2.95. The Kier molecular flexibility index (Phi) is 3.45. The average molecular weight is 215 g/mol. The molecule has 0 aromatic heterocycles. The first-order chi connectivity index (χ1) is 6.45. The predicted octanol–water partition coefficient (Wildman–Crippen LogP) is 0.899. The van der Waals surface area contributed by atoms with E-state index in [2.05, 4.69) is 0 Å². The molecule has 78 valence electrons. The van der Waals surface area contributed by atoms with Gasteiger partial charge in [-0.3, -0.25) is 4.57 Å². The van der Waals surface area contributed by atoms with Crippen LogP contribution >= 0.6 is 7.60 Å². The van der Waals surface area contributed by atoms with Crippen molar-refractivity contribution in [1.29, 1.82) is 0 Å². The molecule has 1 aromatic rings. The molecule has 0 radical (unpaired) electrons. The van der Waals surface area contributed by atoms with Crippen molar-refractivity contribution in [3.05, 3.63) is 29.8 Å². The second-order valence-corrected chi connectivity index (χ2v) is 4.75. The molecule has 0 aliphatic heterocycles. The van der Waals surface area contributed by atoms with E-state index in [9.17, 15) is 4.57 Å². The van der Waals surface area contributed by atoms with E-state index in [0.29, 0.717) is 0 Å². The summed E-state index contributed by atoms with van der Waals surface area (Å²) in [6, 6.07) is 6.09. The molecule has 0 bridgehead atoms. The molecule has 4 N–H and O–H groups in total. The molecule has 0 aliphatic carbocycles. The van der Waals surface area contributed by atoms with Gasteiger partial charge in [-0.15, -0.1) is 0 Å². The zero-order valence-electron chi connectivity index (χ0n) is 7.92. The highest BCUT2D eigenvalue weighted by Crippen LogP contribution is 2.33. The second kappa shape index (κ2) is 4.24.